The van der Waals surface area contributed by atoms with Gasteiger partial charge in [0.25, 0.3) is 0 Å². The summed E-state index contributed by atoms with van der Waals surface area (Å²) < 4.78 is 152. The minimum Gasteiger partial charge on any atom is -0.497 e. The van der Waals surface area contributed by atoms with Crippen molar-refractivity contribution in [1.82, 2.24) is 24.9 Å². The lowest BCUT2D eigenvalue weighted by Crippen LogP contribution is -2.28. The van der Waals surface area contributed by atoms with Crippen molar-refractivity contribution in [2.24, 2.45) is 0 Å². The molecular formula is C31H29F6N5O7S2. The Labute approximate surface area is 288 Å². The van der Waals surface area contributed by atoms with Crippen LogP contribution in [0, 0.1) is 0 Å². The van der Waals surface area contributed by atoms with Crippen LogP contribution in [0.15, 0.2) is 77.4 Å². The molecule has 0 aliphatic heterocycles. The predicted octanol–water partition coefficient (Wildman–Crippen LogP) is 5.92. The molecule has 0 bridgehead atoms. The van der Waals surface area contributed by atoms with E-state index in [0.717, 1.165) is 16.8 Å². The Morgan fingerprint density at radius 2 is 1.47 bits per heavy atom. The van der Waals surface area contributed by atoms with E-state index in [9.17, 15) is 43.2 Å². The third-order valence-electron chi connectivity index (χ3n) is 7.95. The SMILES string of the molecule is COc1ccc(CNS(=O)(=O)c2c(C(F)(F)F)ccc(C3CC=C(OS(=O)(=O)C(F)(F)F)CC3)c2-c2nnnn2Cc2ccc(OC)cc2)cc1. The number of hydrogen-bond donors (Lipinski definition) is 1. The third-order valence-corrected chi connectivity index (χ3v) is 10.4. The molecule has 5 rings (SSSR count). The van der Waals surface area contributed by atoms with Crippen LogP contribution in [0.25, 0.3) is 11.4 Å². The first-order valence-electron chi connectivity index (χ1n) is 14.9. The van der Waals surface area contributed by atoms with Gasteiger partial charge >= 0.3 is 21.8 Å². The maximum absolute atomic E-state index is 14.7. The van der Waals surface area contributed by atoms with Crippen molar-refractivity contribution in [2.45, 2.75) is 54.8 Å². The molecule has 0 saturated heterocycles. The fourth-order valence-electron chi connectivity index (χ4n) is 5.42. The van der Waals surface area contributed by atoms with E-state index in [2.05, 4.69) is 24.4 Å². The van der Waals surface area contributed by atoms with Gasteiger partial charge in [0.1, 0.15) is 22.2 Å². The van der Waals surface area contributed by atoms with Crippen molar-refractivity contribution in [2.75, 3.05) is 14.2 Å². The second-order valence-electron chi connectivity index (χ2n) is 11.2. The summed E-state index contributed by atoms with van der Waals surface area (Å²) in [7, 11) is -8.12. The highest BCUT2D eigenvalue weighted by molar-refractivity contribution is 7.89. The lowest BCUT2D eigenvalue weighted by Gasteiger charge is -2.27. The molecule has 20 heteroatoms. The largest absolute Gasteiger partial charge is 0.534 e. The highest BCUT2D eigenvalue weighted by atomic mass is 32.2. The first-order chi connectivity index (χ1) is 23.9. The first kappa shape index (κ1) is 37.6. The van der Waals surface area contributed by atoms with Gasteiger partial charge in [-0.3, -0.25) is 0 Å². The zero-order valence-electron chi connectivity index (χ0n) is 26.7. The Kier molecular flexibility index (Phi) is 10.7. The molecule has 1 heterocycles. The molecule has 0 amide bonds. The fraction of sp³-hybridized carbons (Fsp3) is 0.323. The summed E-state index contributed by atoms with van der Waals surface area (Å²) in [5.41, 5.74) is -6.70. The number of benzene rings is 3. The van der Waals surface area contributed by atoms with Crippen LogP contribution in [0.2, 0.25) is 0 Å². The molecule has 1 aromatic heterocycles. The van der Waals surface area contributed by atoms with Crippen molar-refractivity contribution in [3.8, 4) is 22.9 Å². The molecule has 4 aromatic rings. The number of rotatable bonds is 12. The summed E-state index contributed by atoms with van der Waals surface area (Å²) in [6.07, 6.45) is -4.84. The fourth-order valence-corrected chi connectivity index (χ4v) is 7.40. The van der Waals surface area contributed by atoms with Crippen molar-refractivity contribution < 1.29 is 56.8 Å². The Balaban J connectivity index is 1.64. The number of aromatic nitrogens is 4. The van der Waals surface area contributed by atoms with Gasteiger partial charge in [0.05, 0.1) is 26.3 Å². The van der Waals surface area contributed by atoms with E-state index in [0.29, 0.717) is 28.7 Å². The van der Waals surface area contributed by atoms with Gasteiger partial charge in [-0.25, -0.2) is 17.8 Å². The molecule has 12 nitrogen and oxygen atoms in total. The third kappa shape index (κ3) is 8.45. The van der Waals surface area contributed by atoms with Gasteiger partial charge in [0.15, 0.2) is 5.82 Å². The molecular weight excluding hydrogens is 732 g/mol. The van der Waals surface area contributed by atoms with Gasteiger partial charge in [-0.05, 0) is 82.3 Å². The van der Waals surface area contributed by atoms with Crippen molar-refractivity contribution >= 4 is 20.1 Å². The molecule has 0 fully saturated rings. The second-order valence-corrected chi connectivity index (χ2v) is 14.5. The van der Waals surface area contributed by atoms with Gasteiger partial charge in [-0.15, -0.1) is 5.10 Å². The van der Waals surface area contributed by atoms with E-state index in [-0.39, 0.29) is 37.2 Å². The zero-order chi connectivity index (χ0) is 37.2. The Bertz CT molecular complexity index is 2120. The molecule has 51 heavy (non-hydrogen) atoms. The molecule has 1 unspecified atom stereocenters. The molecule has 3 aromatic carbocycles. The molecule has 274 valence electrons. The average molecular weight is 762 g/mol. The Morgan fingerprint density at radius 1 is 0.863 bits per heavy atom. The summed E-state index contributed by atoms with van der Waals surface area (Å²) in [6, 6.07) is 14.3. The number of halogens is 6. The van der Waals surface area contributed by atoms with Crippen LogP contribution in [0.3, 0.4) is 0 Å². The minimum absolute atomic E-state index is 0.0209. The maximum Gasteiger partial charge on any atom is 0.534 e. The first-order valence-corrected chi connectivity index (χ1v) is 17.8. The molecule has 1 aliphatic carbocycles. The number of sulfonamides is 1. The van der Waals surface area contributed by atoms with E-state index in [1.54, 1.807) is 36.4 Å². The van der Waals surface area contributed by atoms with Crippen molar-refractivity contribution in [3.63, 3.8) is 0 Å². The number of methoxy groups -OCH3 is 2. The normalized spacial score (nSPS) is 15.7. The predicted molar refractivity (Wildman–Crippen MR) is 168 cm³/mol. The monoisotopic (exact) mass is 761 g/mol. The Morgan fingerprint density at radius 3 is 2.00 bits per heavy atom. The van der Waals surface area contributed by atoms with Crippen LogP contribution in [0.5, 0.6) is 11.5 Å². The maximum atomic E-state index is 14.7. The number of ether oxygens (including phenoxy) is 2. The molecule has 0 spiro atoms. The van der Waals surface area contributed by atoms with Gasteiger partial charge < -0.3 is 13.7 Å². The van der Waals surface area contributed by atoms with Crippen LogP contribution in [-0.4, -0.2) is 56.8 Å². The van der Waals surface area contributed by atoms with E-state index >= 15 is 0 Å². The molecule has 1 aliphatic rings. The number of nitrogens with zero attached hydrogens (tertiary/aromatic N) is 4. The van der Waals surface area contributed by atoms with E-state index in [1.165, 1.54) is 26.4 Å². The van der Waals surface area contributed by atoms with Crippen LogP contribution in [0.1, 0.15) is 47.4 Å². The topological polar surface area (TPSA) is 152 Å². The van der Waals surface area contributed by atoms with Crippen LogP contribution >= 0.6 is 0 Å². The summed E-state index contributed by atoms with van der Waals surface area (Å²) in [5, 5.41) is 11.5. The van der Waals surface area contributed by atoms with Crippen molar-refractivity contribution in [3.05, 3.63) is 94.8 Å². The van der Waals surface area contributed by atoms with Gasteiger partial charge in [-0.2, -0.15) is 34.8 Å². The standard InChI is InChI=1S/C31H29F6N5O7S2/c1-47-22-9-3-19(4-10-22)17-38-50(43,44)28-26(30(32,33)34)16-15-25(21-7-13-24(14-8-21)49-51(45,46)31(35,36)37)27(28)29-39-40-41-42(29)18-20-5-11-23(48-2)12-6-20/h3-6,9-13,15-16,21,38H,7-8,14,17-18H2,1-2H3. The quantitative estimate of drug-likeness (QED) is 0.105. The molecule has 0 radical (unpaired) electrons. The molecule has 1 N–H and O–H groups in total. The zero-order valence-corrected chi connectivity index (χ0v) is 28.3. The second kappa shape index (κ2) is 14.5. The molecule has 0 saturated carbocycles. The lowest BCUT2D eigenvalue weighted by atomic mass is 9.83. The number of allylic oxidation sites excluding steroid dienone is 2. The smallest absolute Gasteiger partial charge is 0.497 e. The van der Waals surface area contributed by atoms with E-state index in [4.69, 9.17) is 9.47 Å². The van der Waals surface area contributed by atoms with Crippen LogP contribution in [-0.2, 0) is 43.6 Å². The summed E-state index contributed by atoms with van der Waals surface area (Å²) >= 11 is 0. The van der Waals surface area contributed by atoms with Crippen LogP contribution in [0.4, 0.5) is 26.3 Å². The number of alkyl halides is 6. The van der Waals surface area contributed by atoms with E-state index in [1.807, 2.05) is 0 Å². The lowest BCUT2D eigenvalue weighted by molar-refractivity contribution is -0.139. The Hall–Kier alpha value is -4.69. The summed E-state index contributed by atoms with van der Waals surface area (Å²) in [4.78, 5) is -1.17. The van der Waals surface area contributed by atoms with Gasteiger partial charge in [0, 0.05) is 18.5 Å². The summed E-state index contributed by atoms with van der Waals surface area (Å²) in [6.45, 7) is -0.525. The van der Waals surface area contributed by atoms with Gasteiger partial charge in [0.2, 0.25) is 10.0 Å². The van der Waals surface area contributed by atoms with E-state index < -0.39 is 66.1 Å². The average Bonchev–Trinajstić information content (AvgIpc) is 3.54. The minimum atomic E-state index is -5.97. The van der Waals surface area contributed by atoms with Crippen LogP contribution < -0.4 is 14.2 Å². The van der Waals surface area contributed by atoms with Gasteiger partial charge in [-0.1, -0.05) is 30.3 Å². The van der Waals surface area contributed by atoms with Crippen molar-refractivity contribution in [1.29, 1.82) is 0 Å². The molecule has 1 atom stereocenters. The number of hydrogen-bond acceptors (Lipinski definition) is 10. The highest BCUT2D eigenvalue weighted by Gasteiger charge is 2.49. The number of nitrogens with one attached hydrogen (secondary N) is 1. The number of tetrazole rings is 1. The highest BCUT2D eigenvalue weighted by Crippen LogP contribution is 2.45. The summed E-state index contributed by atoms with van der Waals surface area (Å²) in [5.74, 6) is -0.711.